The van der Waals surface area contributed by atoms with Crippen LogP contribution in [0.4, 0.5) is 5.69 Å². The van der Waals surface area contributed by atoms with Crippen molar-refractivity contribution in [2.75, 3.05) is 5.32 Å². The van der Waals surface area contributed by atoms with Crippen molar-refractivity contribution < 1.29 is 4.79 Å². The summed E-state index contributed by atoms with van der Waals surface area (Å²) in [7, 11) is 0. The van der Waals surface area contributed by atoms with Gasteiger partial charge in [-0.3, -0.25) is 23.9 Å². The van der Waals surface area contributed by atoms with E-state index >= 15 is 0 Å². The molecule has 0 bridgehead atoms. The van der Waals surface area contributed by atoms with Gasteiger partial charge in [0.25, 0.3) is 11.1 Å². The zero-order valence-electron chi connectivity index (χ0n) is 14.3. The minimum Gasteiger partial charge on any atom is -0.323 e. The number of hydrogen-bond acceptors (Lipinski definition) is 4. The third-order valence-corrected chi connectivity index (χ3v) is 4.55. The van der Waals surface area contributed by atoms with Gasteiger partial charge >= 0.3 is 5.69 Å². The van der Waals surface area contributed by atoms with Crippen LogP contribution in [0.5, 0.6) is 0 Å². The van der Waals surface area contributed by atoms with Crippen LogP contribution < -0.4 is 22.1 Å². The molecule has 1 amide bonds. The normalized spacial score (nSPS) is 10.6. The Kier molecular flexibility index (Phi) is 5.81. The Morgan fingerprint density at radius 1 is 1.00 bits per heavy atom. The van der Waals surface area contributed by atoms with E-state index in [1.165, 1.54) is 29.1 Å². The molecular weight excluding hydrogens is 407 g/mol. The van der Waals surface area contributed by atoms with E-state index in [1.54, 1.807) is 18.2 Å². The van der Waals surface area contributed by atoms with Crippen molar-refractivity contribution in [1.82, 2.24) is 14.1 Å². The SMILES string of the molecule is O=C(Cn1ccc(=O)[nH]c1=O)Nc1ccc(=O)n(Cc2ccc(Cl)c(Cl)c2)c1. The standard InChI is InChI=1S/C18H14Cl2N4O4/c19-13-3-1-11(7-14(13)20)8-24-9-12(2-4-17(24)27)21-16(26)10-23-6-5-15(25)22-18(23)28/h1-7,9H,8,10H2,(H,21,26)(H,22,25,28). The molecule has 0 aliphatic carbocycles. The number of amides is 1. The van der Waals surface area contributed by atoms with Crippen molar-refractivity contribution >= 4 is 34.8 Å². The van der Waals surface area contributed by atoms with Gasteiger partial charge < -0.3 is 9.88 Å². The minimum absolute atomic E-state index is 0.235. The molecular formula is C18H14Cl2N4O4. The number of H-pyrrole nitrogens is 1. The van der Waals surface area contributed by atoms with Gasteiger partial charge in [-0.15, -0.1) is 0 Å². The van der Waals surface area contributed by atoms with Crippen molar-refractivity contribution in [3.05, 3.63) is 95.6 Å². The summed E-state index contributed by atoms with van der Waals surface area (Å²) in [6.07, 6.45) is 2.71. The maximum atomic E-state index is 12.2. The fourth-order valence-electron chi connectivity index (χ4n) is 2.49. The summed E-state index contributed by atoms with van der Waals surface area (Å²) in [4.78, 5) is 49.0. The molecule has 0 saturated carbocycles. The van der Waals surface area contributed by atoms with Crippen LogP contribution in [-0.4, -0.2) is 20.0 Å². The number of nitrogens with one attached hydrogen (secondary N) is 2. The quantitative estimate of drug-likeness (QED) is 0.654. The van der Waals surface area contributed by atoms with E-state index in [1.807, 2.05) is 0 Å². The van der Waals surface area contributed by atoms with Gasteiger partial charge in [0, 0.05) is 24.5 Å². The molecule has 0 aliphatic heterocycles. The highest BCUT2D eigenvalue weighted by atomic mass is 35.5. The fraction of sp³-hybridized carbons (Fsp3) is 0.111. The summed E-state index contributed by atoms with van der Waals surface area (Å²) in [5.74, 6) is -0.492. The number of hydrogen-bond donors (Lipinski definition) is 2. The monoisotopic (exact) mass is 420 g/mol. The van der Waals surface area contributed by atoms with E-state index in [0.29, 0.717) is 15.7 Å². The number of benzene rings is 1. The van der Waals surface area contributed by atoms with Crippen LogP contribution in [0, 0.1) is 0 Å². The third-order valence-electron chi connectivity index (χ3n) is 3.81. The Labute approximate surface area is 168 Å². The predicted octanol–water partition coefficient (Wildman–Crippen LogP) is 1.69. The van der Waals surface area contributed by atoms with Crippen molar-refractivity contribution in [3.63, 3.8) is 0 Å². The molecule has 0 fully saturated rings. The smallest absolute Gasteiger partial charge is 0.323 e. The second kappa shape index (κ2) is 8.28. The second-order valence-corrected chi connectivity index (χ2v) is 6.73. The van der Waals surface area contributed by atoms with Crippen LogP contribution >= 0.6 is 23.2 Å². The second-order valence-electron chi connectivity index (χ2n) is 5.92. The average Bonchev–Trinajstić information content (AvgIpc) is 2.63. The number of carbonyl (C=O) groups excluding carboxylic acids is 1. The van der Waals surface area contributed by atoms with Crippen molar-refractivity contribution in [1.29, 1.82) is 0 Å². The molecule has 0 atom stereocenters. The van der Waals surface area contributed by atoms with E-state index in [2.05, 4.69) is 10.3 Å². The highest BCUT2D eigenvalue weighted by Gasteiger charge is 2.08. The summed E-state index contributed by atoms with van der Waals surface area (Å²) < 4.78 is 2.46. The van der Waals surface area contributed by atoms with Crippen LogP contribution in [0.3, 0.4) is 0 Å². The predicted molar refractivity (Wildman–Crippen MR) is 106 cm³/mol. The molecule has 144 valence electrons. The van der Waals surface area contributed by atoms with Crippen molar-refractivity contribution in [3.8, 4) is 0 Å². The number of rotatable bonds is 5. The maximum Gasteiger partial charge on any atom is 0.328 e. The van der Waals surface area contributed by atoms with Crippen LogP contribution in [0.25, 0.3) is 0 Å². The van der Waals surface area contributed by atoms with E-state index in [9.17, 15) is 19.2 Å². The van der Waals surface area contributed by atoms with Gasteiger partial charge in [-0.1, -0.05) is 29.3 Å². The molecule has 2 aromatic heterocycles. The Hall–Kier alpha value is -3.10. The molecule has 8 nitrogen and oxygen atoms in total. The van der Waals surface area contributed by atoms with E-state index < -0.39 is 17.2 Å². The van der Waals surface area contributed by atoms with Gasteiger partial charge in [-0.05, 0) is 23.8 Å². The summed E-state index contributed by atoms with van der Waals surface area (Å²) in [6.45, 7) is -0.0552. The summed E-state index contributed by atoms with van der Waals surface area (Å²) in [6, 6.07) is 8.96. The van der Waals surface area contributed by atoms with Crippen LogP contribution in [-0.2, 0) is 17.9 Å². The third kappa shape index (κ3) is 4.79. The van der Waals surface area contributed by atoms with Crippen LogP contribution in [0.2, 0.25) is 10.0 Å². The van der Waals surface area contributed by atoms with Crippen LogP contribution in [0.15, 0.2) is 63.2 Å². The molecule has 0 radical (unpaired) electrons. The summed E-state index contributed by atoms with van der Waals surface area (Å²) >= 11 is 11.9. The van der Waals surface area contributed by atoms with E-state index in [-0.39, 0.29) is 18.6 Å². The Morgan fingerprint density at radius 2 is 1.79 bits per heavy atom. The first-order chi connectivity index (χ1) is 13.3. The zero-order chi connectivity index (χ0) is 20.3. The highest BCUT2D eigenvalue weighted by molar-refractivity contribution is 6.42. The molecule has 28 heavy (non-hydrogen) atoms. The Bertz CT molecular complexity index is 1210. The maximum absolute atomic E-state index is 12.2. The number of pyridine rings is 1. The largest absolute Gasteiger partial charge is 0.328 e. The van der Waals surface area contributed by atoms with Gasteiger partial charge in [0.1, 0.15) is 6.54 Å². The molecule has 2 N–H and O–H groups in total. The Morgan fingerprint density at radius 3 is 2.50 bits per heavy atom. The number of halogens is 2. The van der Waals surface area contributed by atoms with Gasteiger partial charge in [-0.2, -0.15) is 0 Å². The van der Waals surface area contributed by atoms with Gasteiger partial charge in [0.2, 0.25) is 5.91 Å². The first kappa shape index (κ1) is 19.7. The number of aromatic amines is 1. The van der Waals surface area contributed by atoms with Gasteiger partial charge in [0.15, 0.2) is 0 Å². The van der Waals surface area contributed by atoms with E-state index in [4.69, 9.17) is 23.2 Å². The molecule has 2 heterocycles. The zero-order valence-corrected chi connectivity index (χ0v) is 15.8. The summed E-state index contributed by atoms with van der Waals surface area (Å²) in [5, 5.41) is 3.40. The van der Waals surface area contributed by atoms with Crippen LogP contribution in [0.1, 0.15) is 5.56 Å². The molecule has 3 aromatic rings. The van der Waals surface area contributed by atoms with E-state index in [0.717, 1.165) is 16.2 Å². The Balaban J connectivity index is 1.76. The summed E-state index contributed by atoms with van der Waals surface area (Å²) in [5.41, 5.74) is -0.355. The number of anilines is 1. The minimum atomic E-state index is -0.688. The lowest BCUT2D eigenvalue weighted by atomic mass is 10.2. The fourth-order valence-corrected chi connectivity index (χ4v) is 2.81. The highest BCUT2D eigenvalue weighted by Crippen LogP contribution is 2.22. The number of carbonyl (C=O) groups is 1. The van der Waals surface area contributed by atoms with Gasteiger partial charge in [-0.25, -0.2) is 4.79 Å². The molecule has 0 saturated heterocycles. The lowest BCUT2D eigenvalue weighted by Crippen LogP contribution is -2.32. The first-order valence-corrected chi connectivity index (χ1v) is 8.81. The molecule has 0 aliphatic rings. The first-order valence-electron chi connectivity index (χ1n) is 8.06. The lowest BCUT2D eigenvalue weighted by Gasteiger charge is -2.11. The topological polar surface area (TPSA) is 106 Å². The lowest BCUT2D eigenvalue weighted by molar-refractivity contribution is -0.116. The molecule has 1 aromatic carbocycles. The molecule has 3 rings (SSSR count). The molecule has 0 unspecified atom stereocenters. The van der Waals surface area contributed by atoms with Crippen molar-refractivity contribution in [2.24, 2.45) is 0 Å². The molecule has 0 spiro atoms. The number of nitrogens with zero attached hydrogens (tertiary/aromatic N) is 2. The average molecular weight is 421 g/mol. The van der Waals surface area contributed by atoms with Gasteiger partial charge in [0.05, 0.1) is 22.3 Å². The number of aromatic nitrogens is 3. The molecule has 10 heteroatoms. The van der Waals surface area contributed by atoms with Crippen molar-refractivity contribution in [2.45, 2.75) is 13.1 Å².